The lowest BCUT2D eigenvalue weighted by molar-refractivity contribution is 0.422. The molecule has 0 aliphatic rings. The van der Waals surface area contributed by atoms with E-state index < -0.39 is 0 Å². The van der Waals surface area contributed by atoms with Gasteiger partial charge in [0.2, 0.25) is 0 Å². The number of aromatic nitrogens is 2. The maximum Gasteiger partial charge on any atom is 0.141 e. The molecule has 2 aromatic rings. The van der Waals surface area contributed by atoms with Crippen LogP contribution in [0.2, 0.25) is 0 Å². The third-order valence-corrected chi connectivity index (χ3v) is 1.77. The molecular formula is C9H8N4O. The predicted molar refractivity (Wildman–Crippen MR) is 50.8 cm³/mol. The van der Waals surface area contributed by atoms with Gasteiger partial charge >= 0.3 is 0 Å². The van der Waals surface area contributed by atoms with Crippen LogP contribution in [0.25, 0.3) is 11.3 Å². The van der Waals surface area contributed by atoms with Crippen LogP contribution in [-0.4, -0.2) is 16.0 Å². The van der Waals surface area contributed by atoms with Crippen LogP contribution >= 0.6 is 0 Å². The standard InChI is InChI=1S/C9H8N4O/c10-9(11)8-2-1-6(5-12-8)7-3-4-14-13-7/h1-5H,(H3,10,11). The third kappa shape index (κ3) is 1.47. The maximum atomic E-state index is 7.16. The molecule has 0 aliphatic carbocycles. The van der Waals surface area contributed by atoms with E-state index in [9.17, 15) is 0 Å². The molecule has 0 atom stereocenters. The van der Waals surface area contributed by atoms with Crippen LogP contribution in [0.1, 0.15) is 5.69 Å². The van der Waals surface area contributed by atoms with Crippen molar-refractivity contribution in [2.75, 3.05) is 0 Å². The Hall–Kier alpha value is -2.17. The summed E-state index contributed by atoms with van der Waals surface area (Å²) in [5.41, 5.74) is 7.28. The van der Waals surface area contributed by atoms with E-state index in [0.717, 1.165) is 5.56 Å². The molecule has 0 unspecified atom stereocenters. The third-order valence-electron chi connectivity index (χ3n) is 1.77. The minimum Gasteiger partial charge on any atom is -0.382 e. The van der Waals surface area contributed by atoms with Gasteiger partial charge in [-0.1, -0.05) is 5.16 Å². The number of rotatable bonds is 2. The average Bonchev–Trinajstić information content (AvgIpc) is 2.71. The summed E-state index contributed by atoms with van der Waals surface area (Å²) in [6, 6.07) is 5.21. The van der Waals surface area contributed by atoms with Crippen molar-refractivity contribution in [2.24, 2.45) is 5.73 Å². The maximum absolute atomic E-state index is 7.16. The molecule has 2 aromatic heterocycles. The fraction of sp³-hybridized carbons (Fsp3) is 0. The smallest absolute Gasteiger partial charge is 0.141 e. The van der Waals surface area contributed by atoms with Crippen molar-refractivity contribution in [2.45, 2.75) is 0 Å². The lowest BCUT2D eigenvalue weighted by atomic mass is 10.2. The zero-order valence-electron chi connectivity index (χ0n) is 7.27. The highest BCUT2D eigenvalue weighted by molar-refractivity contribution is 5.93. The number of nitrogen functional groups attached to an aromatic ring is 1. The van der Waals surface area contributed by atoms with Crippen molar-refractivity contribution in [1.29, 1.82) is 5.41 Å². The summed E-state index contributed by atoms with van der Waals surface area (Å²) in [5, 5.41) is 10.9. The Bertz CT molecular complexity index is 432. The van der Waals surface area contributed by atoms with Crippen LogP contribution in [-0.2, 0) is 0 Å². The first kappa shape index (κ1) is 8.43. The highest BCUT2D eigenvalue weighted by Crippen LogP contribution is 2.15. The van der Waals surface area contributed by atoms with Gasteiger partial charge in [0.15, 0.2) is 0 Å². The van der Waals surface area contributed by atoms with E-state index in [-0.39, 0.29) is 5.84 Å². The molecule has 2 rings (SSSR count). The molecule has 0 saturated carbocycles. The van der Waals surface area contributed by atoms with Gasteiger partial charge in [0.25, 0.3) is 0 Å². The predicted octanol–water partition coefficient (Wildman–Crippen LogP) is 1.02. The number of hydrogen-bond acceptors (Lipinski definition) is 4. The van der Waals surface area contributed by atoms with Crippen LogP contribution in [0.3, 0.4) is 0 Å². The molecule has 0 aliphatic heterocycles. The Labute approximate surface area is 80.1 Å². The number of nitrogens with two attached hydrogens (primary N) is 1. The van der Waals surface area contributed by atoms with Crippen molar-refractivity contribution in [3.63, 3.8) is 0 Å². The van der Waals surface area contributed by atoms with Gasteiger partial charge in [0.1, 0.15) is 23.5 Å². The van der Waals surface area contributed by atoms with Crippen LogP contribution in [0.4, 0.5) is 0 Å². The minimum atomic E-state index is -0.0447. The Morgan fingerprint density at radius 2 is 2.21 bits per heavy atom. The second-order valence-electron chi connectivity index (χ2n) is 2.73. The van der Waals surface area contributed by atoms with Gasteiger partial charge in [-0.2, -0.15) is 0 Å². The van der Waals surface area contributed by atoms with Gasteiger partial charge in [-0.3, -0.25) is 10.4 Å². The van der Waals surface area contributed by atoms with E-state index in [1.807, 2.05) is 0 Å². The number of nitrogens with zero attached hydrogens (tertiary/aromatic N) is 2. The lowest BCUT2D eigenvalue weighted by Gasteiger charge is -1.97. The highest BCUT2D eigenvalue weighted by Gasteiger charge is 2.02. The zero-order chi connectivity index (χ0) is 9.97. The van der Waals surface area contributed by atoms with Crippen LogP contribution < -0.4 is 5.73 Å². The molecule has 0 bridgehead atoms. The monoisotopic (exact) mass is 188 g/mol. The largest absolute Gasteiger partial charge is 0.382 e. The van der Waals surface area contributed by atoms with Gasteiger partial charge in [-0.15, -0.1) is 0 Å². The molecule has 0 saturated heterocycles. The van der Waals surface area contributed by atoms with Gasteiger partial charge in [-0.25, -0.2) is 0 Å². The number of nitrogens with one attached hydrogen (secondary N) is 1. The molecule has 5 heteroatoms. The topological polar surface area (TPSA) is 88.8 Å². The molecule has 14 heavy (non-hydrogen) atoms. The molecule has 0 spiro atoms. The summed E-state index contributed by atoms with van der Waals surface area (Å²) in [6.45, 7) is 0. The summed E-state index contributed by atoms with van der Waals surface area (Å²) >= 11 is 0. The summed E-state index contributed by atoms with van der Waals surface area (Å²) < 4.78 is 4.70. The van der Waals surface area contributed by atoms with Crippen molar-refractivity contribution >= 4 is 5.84 Å². The second kappa shape index (κ2) is 3.29. The Kier molecular flexibility index (Phi) is 1.98. The summed E-state index contributed by atoms with van der Waals surface area (Å²) in [5.74, 6) is -0.0447. The van der Waals surface area contributed by atoms with Crippen LogP contribution in [0.5, 0.6) is 0 Å². The normalized spacial score (nSPS) is 10.0. The number of hydrogen-bond donors (Lipinski definition) is 2. The molecule has 70 valence electrons. The van der Waals surface area contributed by atoms with E-state index in [1.54, 1.807) is 24.4 Å². The Balaban J connectivity index is 2.36. The fourth-order valence-corrected chi connectivity index (χ4v) is 1.07. The number of amidine groups is 1. The molecule has 0 aromatic carbocycles. The number of pyridine rings is 1. The van der Waals surface area contributed by atoms with Crippen molar-refractivity contribution in [3.05, 3.63) is 36.4 Å². The first-order chi connectivity index (χ1) is 6.77. The highest BCUT2D eigenvalue weighted by atomic mass is 16.5. The van der Waals surface area contributed by atoms with E-state index >= 15 is 0 Å². The van der Waals surface area contributed by atoms with Crippen molar-refractivity contribution in [3.8, 4) is 11.3 Å². The zero-order valence-corrected chi connectivity index (χ0v) is 7.27. The van der Waals surface area contributed by atoms with E-state index in [4.69, 9.17) is 15.7 Å². The molecule has 2 heterocycles. The molecular weight excluding hydrogens is 180 g/mol. The fourth-order valence-electron chi connectivity index (χ4n) is 1.07. The van der Waals surface area contributed by atoms with E-state index in [0.29, 0.717) is 11.4 Å². The Morgan fingerprint density at radius 3 is 2.71 bits per heavy atom. The lowest BCUT2D eigenvalue weighted by Crippen LogP contribution is -2.12. The van der Waals surface area contributed by atoms with Crippen molar-refractivity contribution in [1.82, 2.24) is 10.1 Å². The quantitative estimate of drug-likeness (QED) is 0.544. The Morgan fingerprint density at radius 1 is 1.36 bits per heavy atom. The molecule has 0 fully saturated rings. The first-order valence-electron chi connectivity index (χ1n) is 3.98. The molecule has 3 N–H and O–H groups in total. The van der Waals surface area contributed by atoms with E-state index in [2.05, 4.69) is 10.1 Å². The van der Waals surface area contributed by atoms with Crippen molar-refractivity contribution < 1.29 is 4.52 Å². The second-order valence-corrected chi connectivity index (χ2v) is 2.73. The minimum absolute atomic E-state index is 0.0447. The summed E-state index contributed by atoms with van der Waals surface area (Å²) in [4.78, 5) is 4.00. The summed E-state index contributed by atoms with van der Waals surface area (Å²) in [6.07, 6.45) is 3.10. The first-order valence-corrected chi connectivity index (χ1v) is 3.98. The SMILES string of the molecule is N=C(N)c1ccc(-c2ccon2)cn1. The van der Waals surface area contributed by atoms with Gasteiger partial charge < -0.3 is 10.3 Å². The van der Waals surface area contributed by atoms with E-state index in [1.165, 1.54) is 6.26 Å². The average molecular weight is 188 g/mol. The van der Waals surface area contributed by atoms with Gasteiger partial charge in [-0.05, 0) is 12.1 Å². The molecule has 5 nitrogen and oxygen atoms in total. The van der Waals surface area contributed by atoms with Crippen LogP contribution in [0, 0.1) is 5.41 Å². The summed E-state index contributed by atoms with van der Waals surface area (Å²) in [7, 11) is 0. The van der Waals surface area contributed by atoms with Crippen LogP contribution in [0.15, 0.2) is 35.2 Å². The molecule has 0 radical (unpaired) electrons. The van der Waals surface area contributed by atoms with Gasteiger partial charge in [0.05, 0.1) is 0 Å². The molecule has 0 amide bonds. The van der Waals surface area contributed by atoms with Gasteiger partial charge in [0, 0.05) is 17.8 Å².